The number of rotatable bonds is 8. The van der Waals surface area contributed by atoms with Crippen molar-refractivity contribution in [2.75, 3.05) is 54.6 Å². The number of carbonyl (C=O) groups is 1. The fraction of sp³-hybridized carbons (Fsp3) is 0.611. The molecule has 0 aromatic heterocycles. The van der Waals surface area contributed by atoms with Crippen LogP contribution in [0.3, 0.4) is 0 Å². The van der Waals surface area contributed by atoms with E-state index >= 15 is 0 Å². The van der Waals surface area contributed by atoms with Gasteiger partial charge in [0.1, 0.15) is 0 Å². The van der Waals surface area contributed by atoms with Crippen LogP contribution in [-0.4, -0.2) is 76.4 Å². The predicted molar refractivity (Wildman–Crippen MR) is 93.0 cm³/mol. The van der Waals surface area contributed by atoms with E-state index in [1.807, 2.05) is 19.0 Å². The standard InChI is InChI=1S/C18H28N2O4/c1-19(2)9-10-20(13-15-6-5-11-24-15)18(21)14-7-8-16(22-3)17(12-14)23-4/h7-8,12,15H,5-6,9-11,13H2,1-4H3/t15-/m0/s1. The first-order chi connectivity index (χ1) is 11.5. The number of nitrogens with zero attached hydrogens (tertiary/aromatic N) is 2. The van der Waals surface area contributed by atoms with Crippen LogP contribution in [0, 0.1) is 0 Å². The highest BCUT2D eigenvalue weighted by atomic mass is 16.5. The lowest BCUT2D eigenvalue weighted by molar-refractivity contribution is 0.0512. The van der Waals surface area contributed by atoms with Crippen LogP contribution in [0.2, 0.25) is 0 Å². The lowest BCUT2D eigenvalue weighted by Gasteiger charge is -2.27. The molecule has 6 nitrogen and oxygen atoms in total. The zero-order chi connectivity index (χ0) is 17.5. The third kappa shape index (κ3) is 4.85. The molecule has 1 saturated heterocycles. The van der Waals surface area contributed by atoms with Gasteiger partial charge in [0.2, 0.25) is 0 Å². The summed E-state index contributed by atoms with van der Waals surface area (Å²) in [5, 5.41) is 0. The van der Waals surface area contributed by atoms with Crippen molar-refractivity contribution in [3.8, 4) is 11.5 Å². The smallest absolute Gasteiger partial charge is 0.254 e. The number of carbonyl (C=O) groups excluding carboxylic acids is 1. The van der Waals surface area contributed by atoms with Crippen LogP contribution >= 0.6 is 0 Å². The minimum absolute atomic E-state index is 0.00620. The topological polar surface area (TPSA) is 51.2 Å². The molecule has 1 heterocycles. The SMILES string of the molecule is COc1ccc(C(=O)N(CCN(C)C)C[C@@H]2CCCO2)cc1OC. The Labute approximate surface area is 144 Å². The fourth-order valence-electron chi connectivity index (χ4n) is 2.78. The lowest BCUT2D eigenvalue weighted by Crippen LogP contribution is -2.41. The van der Waals surface area contributed by atoms with Crippen LogP contribution in [0.1, 0.15) is 23.2 Å². The Morgan fingerprint density at radius 3 is 2.54 bits per heavy atom. The zero-order valence-electron chi connectivity index (χ0n) is 15.1. The van der Waals surface area contributed by atoms with Crippen molar-refractivity contribution in [2.24, 2.45) is 0 Å². The van der Waals surface area contributed by atoms with E-state index in [9.17, 15) is 4.79 Å². The fourth-order valence-corrected chi connectivity index (χ4v) is 2.78. The van der Waals surface area contributed by atoms with E-state index in [0.717, 1.165) is 26.0 Å². The molecule has 0 radical (unpaired) electrons. The predicted octanol–water partition coefficient (Wildman–Crippen LogP) is 1.89. The van der Waals surface area contributed by atoms with Gasteiger partial charge < -0.3 is 24.0 Å². The normalized spacial score (nSPS) is 17.1. The third-order valence-corrected chi connectivity index (χ3v) is 4.18. The Morgan fingerprint density at radius 2 is 1.96 bits per heavy atom. The largest absolute Gasteiger partial charge is 0.493 e. The third-order valence-electron chi connectivity index (χ3n) is 4.18. The maximum atomic E-state index is 13.0. The van der Waals surface area contributed by atoms with Crippen molar-refractivity contribution >= 4 is 5.91 Å². The molecule has 0 N–H and O–H groups in total. The molecule has 0 aliphatic carbocycles. The van der Waals surface area contributed by atoms with Gasteiger partial charge in [-0.05, 0) is 45.1 Å². The van der Waals surface area contributed by atoms with Crippen LogP contribution in [0.25, 0.3) is 0 Å². The number of hydrogen-bond donors (Lipinski definition) is 0. The summed E-state index contributed by atoms with van der Waals surface area (Å²) in [7, 11) is 7.17. The molecule has 1 aliphatic rings. The number of hydrogen-bond acceptors (Lipinski definition) is 5. The summed E-state index contributed by atoms with van der Waals surface area (Å²) in [5.41, 5.74) is 0.601. The average molecular weight is 336 g/mol. The Kier molecular flexibility index (Phi) is 6.87. The molecular weight excluding hydrogens is 308 g/mol. The first-order valence-electron chi connectivity index (χ1n) is 8.32. The van der Waals surface area contributed by atoms with Crippen LogP contribution < -0.4 is 9.47 Å². The van der Waals surface area contributed by atoms with E-state index in [-0.39, 0.29) is 12.0 Å². The van der Waals surface area contributed by atoms with E-state index in [1.54, 1.807) is 32.4 Å². The van der Waals surface area contributed by atoms with Gasteiger partial charge in [0, 0.05) is 31.8 Å². The van der Waals surface area contributed by atoms with E-state index in [4.69, 9.17) is 14.2 Å². The van der Waals surface area contributed by atoms with Gasteiger partial charge in [-0.1, -0.05) is 0 Å². The quantitative estimate of drug-likeness (QED) is 0.726. The number of benzene rings is 1. The minimum atomic E-state index is -0.00620. The monoisotopic (exact) mass is 336 g/mol. The summed E-state index contributed by atoms with van der Waals surface area (Å²) in [6.45, 7) is 2.89. The first-order valence-corrected chi connectivity index (χ1v) is 8.32. The van der Waals surface area contributed by atoms with Gasteiger partial charge in [-0.15, -0.1) is 0 Å². The van der Waals surface area contributed by atoms with Gasteiger partial charge in [0.05, 0.1) is 20.3 Å². The lowest BCUT2D eigenvalue weighted by atomic mass is 10.1. The van der Waals surface area contributed by atoms with Crippen LogP contribution in [0.4, 0.5) is 0 Å². The minimum Gasteiger partial charge on any atom is -0.493 e. The molecule has 1 aromatic rings. The maximum Gasteiger partial charge on any atom is 0.254 e. The number of ether oxygens (including phenoxy) is 3. The molecule has 1 aliphatic heterocycles. The van der Waals surface area contributed by atoms with Gasteiger partial charge in [-0.2, -0.15) is 0 Å². The van der Waals surface area contributed by atoms with Crippen molar-refractivity contribution in [1.82, 2.24) is 9.80 Å². The van der Waals surface area contributed by atoms with E-state index in [2.05, 4.69) is 4.90 Å². The highest BCUT2D eigenvalue weighted by Crippen LogP contribution is 2.28. The summed E-state index contributed by atoms with van der Waals surface area (Å²) in [6.07, 6.45) is 2.21. The molecule has 0 bridgehead atoms. The Morgan fingerprint density at radius 1 is 1.21 bits per heavy atom. The molecule has 1 aromatic carbocycles. The second-order valence-electron chi connectivity index (χ2n) is 6.26. The molecule has 134 valence electrons. The summed E-state index contributed by atoms with van der Waals surface area (Å²) in [4.78, 5) is 16.9. The Bertz CT molecular complexity index is 542. The molecule has 0 spiro atoms. The zero-order valence-corrected chi connectivity index (χ0v) is 15.1. The van der Waals surface area contributed by atoms with Crippen molar-refractivity contribution < 1.29 is 19.0 Å². The molecular formula is C18H28N2O4. The van der Waals surface area contributed by atoms with Crippen molar-refractivity contribution in [2.45, 2.75) is 18.9 Å². The van der Waals surface area contributed by atoms with Crippen LogP contribution in [-0.2, 0) is 4.74 Å². The summed E-state index contributed by atoms with van der Waals surface area (Å²) < 4.78 is 16.3. The highest BCUT2D eigenvalue weighted by Gasteiger charge is 2.24. The Hall–Kier alpha value is -1.79. The first kappa shape index (κ1) is 18.5. The number of methoxy groups -OCH3 is 2. The molecule has 24 heavy (non-hydrogen) atoms. The summed E-state index contributed by atoms with van der Waals surface area (Å²) in [5.74, 6) is 1.18. The molecule has 1 fully saturated rings. The van der Waals surface area contributed by atoms with Crippen LogP contribution in [0.5, 0.6) is 11.5 Å². The molecule has 1 amide bonds. The molecule has 0 unspecified atom stereocenters. The summed E-state index contributed by atoms with van der Waals surface area (Å²) in [6, 6.07) is 5.28. The summed E-state index contributed by atoms with van der Waals surface area (Å²) >= 11 is 0. The van der Waals surface area contributed by atoms with Crippen molar-refractivity contribution in [1.29, 1.82) is 0 Å². The van der Waals surface area contributed by atoms with Gasteiger partial charge in [0.15, 0.2) is 11.5 Å². The van der Waals surface area contributed by atoms with Crippen LogP contribution in [0.15, 0.2) is 18.2 Å². The molecule has 1 atom stereocenters. The van der Waals surface area contributed by atoms with Gasteiger partial charge in [-0.3, -0.25) is 4.79 Å². The number of likely N-dealkylation sites (N-methyl/N-ethyl adjacent to an activating group) is 1. The number of amides is 1. The average Bonchev–Trinajstić information content (AvgIpc) is 3.10. The van der Waals surface area contributed by atoms with Crippen molar-refractivity contribution in [3.63, 3.8) is 0 Å². The second-order valence-corrected chi connectivity index (χ2v) is 6.26. The van der Waals surface area contributed by atoms with E-state index in [1.165, 1.54) is 0 Å². The van der Waals surface area contributed by atoms with E-state index in [0.29, 0.717) is 30.2 Å². The highest BCUT2D eigenvalue weighted by molar-refractivity contribution is 5.95. The van der Waals surface area contributed by atoms with Gasteiger partial charge in [-0.25, -0.2) is 0 Å². The van der Waals surface area contributed by atoms with Gasteiger partial charge in [0.25, 0.3) is 5.91 Å². The maximum absolute atomic E-state index is 13.0. The Balaban J connectivity index is 2.15. The van der Waals surface area contributed by atoms with Crippen molar-refractivity contribution in [3.05, 3.63) is 23.8 Å². The molecule has 6 heteroatoms. The molecule has 2 rings (SSSR count). The van der Waals surface area contributed by atoms with E-state index < -0.39 is 0 Å². The van der Waals surface area contributed by atoms with Gasteiger partial charge >= 0.3 is 0 Å². The second kappa shape index (κ2) is 8.89. The molecule has 0 saturated carbocycles.